The average molecular weight is 431 g/mol. The summed E-state index contributed by atoms with van der Waals surface area (Å²) in [6, 6.07) is 15.9. The molecule has 0 fully saturated rings. The Kier molecular flexibility index (Phi) is 4.92. The predicted octanol–water partition coefficient (Wildman–Crippen LogP) is 5.20. The molecule has 0 radical (unpaired) electrons. The van der Waals surface area contributed by atoms with Crippen LogP contribution in [0.4, 0.5) is 17.3 Å². The Hall–Kier alpha value is -2.68. The molecule has 28 heavy (non-hydrogen) atoms. The molecular formula is C19H15ClN4O2S2. The second-order valence-corrected chi connectivity index (χ2v) is 9.30. The van der Waals surface area contributed by atoms with Crippen LogP contribution in [0.15, 0.2) is 64.2 Å². The van der Waals surface area contributed by atoms with E-state index in [1.807, 2.05) is 37.3 Å². The third-order valence-electron chi connectivity index (χ3n) is 4.00. The fourth-order valence-corrected chi connectivity index (χ4v) is 4.74. The van der Waals surface area contributed by atoms with Crippen LogP contribution in [0.2, 0.25) is 5.02 Å². The van der Waals surface area contributed by atoms with Gasteiger partial charge in [0, 0.05) is 10.7 Å². The van der Waals surface area contributed by atoms with Crippen molar-refractivity contribution in [3.63, 3.8) is 0 Å². The molecule has 0 aliphatic heterocycles. The fraction of sp³-hybridized carbons (Fsp3) is 0.0526. The first-order valence-corrected chi connectivity index (χ1v) is 11.0. The molecule has 0 unspecified atom stereocenters. The van der Waals surface area contributed by atoms with E-state index in [1.54, 1.807) is 23.6 Å². The Bertz CT molecular complexity index is 1260. The van der Waals surface area contributed by atoms with Crippen LogP contribution in [-0.2, 0) is 10.0 Å². The largest absolute Gasteiger partial charge is 0.337 e. The van der Waals surface area contributed by atoms with Crippen LogP contribution in [-0.4, -0.2) is 18.4 Å². The smallest absolute Gasteiger partial charge is 0.272 e. The first kappa shape index (κ1) is 18.7. The highest BCUT2D eigenvalue weighted by Crippen LogP contribution is 2.29. The first-order valence-electron chi connectivity index (χ1n) is 8.29. The molecule has 0 saturated carbocycles. The highest BCUT2D eigenvalue weighted by Gasteiger charge is 2.20. The number of halogens is 1. The van der Waals surface area contributed by atoms with Crippen LogP contribution < -0.4 is 10.0 Å². The van der Waals surface area contributed by atoms with Gasteiger partial charge in [0.2, 0.25) is 0 Å². The van der Waals surface area contributed by atoms with Gasteiger partial charge in [-0.1, -0.05) is 35.9 Å². The summed E-state index contributed by atoms with van der Waals surface area (Å²) in [6.45, 7) is 1.91. The average Bonchev–Trinajstić information content (AvgIpc) is 3.21. The summed E-state index contributed by atoms with van der Waals surface area (Å²) in [4.78, 5) is 9.01. The van der Waals surface area contributed by atoms with Crippen molar-refractivity contribution >= 4 is 61.3 Å². The Labute approximate surface area is 171 Å². The quantitative estimate of drug-likeness (QED) is 0.454. The van der Waals surface area contributed by atoms with Crippen LogP contribution in [0, 0.1) is 6.92 Å². The molecule has 0 amide bonds. The lowest BCUT2D eigenvalue weighted by molar-refractivity contribution is 0.603. The van der Waals surface area contributed by atoms with E-state index in [0.717, 1.165) is 16.9 Å². The molecule has 4 rings (SSSR count). The van der Waals surface area contributed by atoms with E-state index in [1.165, 1.54) is 6.07 Å². The standard InChI is InChI=1S/C19H15ClN4O2S2/c1-12-8-9-13(11-14(12)20)21-18-19(23-16-6-3-2-5-15(16)22-18)24-28(25,26)17-7-4-10-27-17/h2-11H,1H3,(H,21,22)(H,23,24). The third-order valence-corrected chi connectivity index (χ3v) is 7.14. The summed E-state index contributed by atoms with van der Waals surface area (Å²) < 4.78 is 28.1. The van der Waals surface area contributed by atoms with Crippen LogP contribution >= 0.6 is 22.9 Å². The van der Waals surface area contributed by atoms with Gasteiger partial charge in [0.15, 0.2) is 11.6 Å². The SMILES string of the molecule is Cc1ccc(Nc2nc3ccccc3nc2NS(=O)(=O)c2cccs2)cc1Cl. The van der Waals surface area contributed by atoms with Crippen molar-refractivity contribution in [1.29, 1.82) is 0 Å². The number of anilines is 3. The van der Waals surface area contributed by atoms with Crippen LogP contribution in [0.25, 0.3) is 11.0 Å². The normalized spacial score (nSPS) is 11.5. The van der Waals surface area contributed by atoms with Crippen LogP contribution in [0.5, 0.6) is 0 Å². The van der Waals surface area contributed by atoms with E-state index >= 15 is 0 Å². The molecule has 0 saturated heterocycles. The Morgan fingerprint density at radius 2 is 1.68 bits per heavy atom. The summed E-state index contributed by atoms with van der Waals surface area (Å²) in [7, 11) is -3.77. The molecule has 2 aromatic carbocycles. The highest BCUT2D eigenvalue weighted by molar-refractivity contribution is 7.94. The molecule has 0 atom stereocenters. The topological polar surface area (TPSA) is 84.0 Å². The zero-order chi connectivity index (χ0) is 19.7. The van der Waals surface area contributed by atoms with Crippen molar-refractivity contribution in [1.82, 2.24) is 9.97 Å². The number of aromatic nitrogens is 2. The zero-order valence-electron chi connectivity index (χ0n) is 14.7. The molecule has 0 spiro atoms. The second-order valence-electron chi connectivity index (χ2n) is 6.04. The molecule has 9 heteroatoms. The lowest BCUT2D eigenvalue weighted by atomic mass is 10.2. The number of hydrogen-bond donors (Lipinski definition) is 2. The molecular weight excluding hydrogens is 416 g/mol. The van der Waals surface area contributed by atoms with E-state index in [9.17, 15) is 8.42 Å². The number of thiophene rings is 1. The van der Waals surface area contributed by atoms with Crippen molar-refractivity contribution in [2.75, 3.05) is 10.0 Å². The number of sulfonamides is 1. The maximum absolute atomic E-state index is 12.7. The predicted molar refractivity (Wildman–Crippen MR) is 114 cm³/mol. The van der Waals surface area contributed by atoms with Gasteiger partial charge in [-0.2, -0.15) is 0 Å². The van der Waals surface area contributed by atoms with E-state index in [-0.39, 0.29) is 10.0 Å². The minimum Gasteiger partial charge on any atom is -0.337 e. The van der Waals surface area contributed by atoms with Crippen LogP contribution in [0.3, 0.4) is 0 Å². The Morgan fingerprint density at radius 3 is 2.32 bits per heavy atom. The highest BCUT2D eigenvalue weighted by atomic mass is 35.5. The Balaban J connectivity index is 1.79. The van der Waals surface area contributed by atoms with Crippen molar-refractivity contribution in [2.45, 2.75) is 11.1 Å². The molecule has 6 nitrogen and oxygen atoms in total. The third kappa shape index (κ3) is 3.80. The number of nitrogens with zero attached hydrogens (tertiary/aromatic N) is 2. The number of rotatable bonds is 5. The zero-order valence-corrected chi connectivity index (χ0v) is 17.1. The van der Waals surface area contributed by atoms with Gasteiger partial charge in [-0.15, -0.1) is 11.3 Å². The van der Waals surface area contributed by atoms with Crippen molar-refractivity contribution in [2.24, 2.45) is 0 Å². The van der Waals surface area contributed by atoms with E-state index in [0.29, 0.717) is 27.6 Å². The van der Waals surface area contributed by atoms with Gasteiger partial charge in [0.25, 0.3) is 10.0 Å². The molecule has 0 bridgehead atoms. The van der Waals surface area contributed by atoms with E-state index < -0.39 is 10.0 Å². The lowest BCUT2D eigenvalue weighted by Gasteiger charge is -2.14. The number of fused-ring (bicyclic) bond motifs is 1. The van der Waals surface area contributed by atoms with Crippen molar-refractivity contribution in [3.05, 3.63) is 70.6 Å². The first-order chi connectivity index (χ1) is 13.4. The molecule has 2 heterocycles. The fourth-order valence-electron chi connectivity index (χ4n) is 2.56. The number of nitrogens with one attached hydrogen (secondary N) is 2. The minimum atomic E-state index is -3.77. The number of aryl methyl sites for hydroxylation is 1. The van der Waals surface area contributed by atoms with Gasteiger partial charge in [0.1, 0.15) is 4.21 Å². The van der Waals surface area contributed by atoms with Crippen molar-refractivity contribution < 1.29 is 8.42 Å². The van der Waals surface area contributed by atoms with Gasteiger partial charge in [0.05, 0.1) is 11.0 Å². The lowest BCUT2D eigenvalue weighted by Crippen LogP contribution is -2.15. The van der Waals surface area contributed by atoms with Crippen LogP contribution in [0.1, 0.15) is 5.56 Å². The number of para-hydroxylation sites is 2. The molecule has 2 aromatic heterocycles. The van der Waals surface area contributed by atoms with Crippen molar-refractivity contribution in [3.8, 4) is 0 Å². The van der Waals surface area contributed by atoms with Gasteiger partial charge in [-0.25, -0.2) is 18.4 Å². The monoisotopic (exact) mass is 430 g/mol. The Morgan fingerprint density at radius 1 is 0.964 bits per heavy atom. The summed E-state index contributed by atoms with van der Waals surface area (Å²) in [5.41, 5.74) is 2.84. The van der Waals surface area contributed by atoms with Gasteiger partial charge < -0.3 is 5.32 Å². The maximum atomic E-state index is 12.7. The maximum Gasteiger partial charge on any atom is 0.272 e. The molecule has 142 valence electrons. The molecule has 4 aromatic rings. The molecule has 0 aliphatic carbocycles. The van der Waals surface area contributed by atoms with Gasteiger partial charge in [-0.3, -0.25) is 4.72 Å². The number of hydrogen-bond acceptors (Lipinski definition) is 6. The minimum absolute atomic E-state index is 0.115. The number of benzene rings is 2. The molecule has 0 aliphatic rings. The second kappa shape index (κ2) is 7.38. The van der Waals surface area contributed by atoms with Gasteiger partial charge >= 0.3 is 0 Å². The van der Waals surface area contributed by atoms with E-state index in [2.05, 4.69) is 20.0 Å². The summed E-state index contributed by atoms with van der Waals surface area (Å²) >= 11 is 7.33. The summed E-state index contributed by atoms with van der Waals surface area (Å²) in [6.07, 6.45) is 0. The summed E-state index contributed by atoms with van der Waals surface area (Å²) in [5, 5.41) is 5.42. The summed E-state index contributed by atoms with van der Waals surface area (Å²) in [5.74, 6) is 0.405. The van der Waals surface area contributed by atoms with E-state index in [4.69, 9.17) is 11.6 Å². The van der Waals surface area contributed by atoms with Gasteiger partial charge in [-0.05, 0) is 48.2 Å². The molecule has 2 N–H and O–H groups in total.